The van der Waals surface area contributed by atoms with Crippen molar-refractivity contribution in [3.8, 4) is 0 Å². The van der Waals surface area contributed by atoms with Gasteiger partial charge in [0.2, 0.25) is 0 Å². The van der Waals surface area contributed by atoms with Crippen molar-refractivity contribution in [2.75, 3.05) is 5.01 Å². The summed E-state index contributed by atoms with van der Waals surface area (Å²) in [5, 5.41) is 1.97. The second kappa shape index (κ2) is 8.31. The lowest BCUT2D eigenvalue weighted by molar-refractivity contribution is 0.687. The SMILES string of the molecule is C=C(C)N=C1/C(=C\C)NNN1c1ccc2c(c1)CCC2.C=CC=C. The van der Waals surface area contributed by atoms with Crippen LogP contribution in [0, 0.1) is 0 Å². The Morgan fingerprint density at radius 2 is 1.92 bits per heavy atom. The van der Waals surface area contributed by atoms with Crippen molar-refractivity contribution in [1.82, 2.24) is 11.0 Å². The number of amidine groups is 1. The first-order chi connectivity index (χ1) is 11.6. The Kier molecular flexibility index (Phi) is 6.15. The van der Waals surface area contributed by atoms with E-state index >= 15 is 0 Å². The van der Waals surface area contributed by atoms with E-state index in [1.54, 1.807) is 12.2 Å². The van der Waals surface area contributed by atoms with E-state index in [0.717, 1.165) is 22.9 Å². The van der Waals surface area contributed by atoms with Crippen molar-refractivity contribution in [1.29, 1.82) is 0 Å². The van der Waals surface area contributed by atoms with Crippen LogP contribution in [0.2, 0.25) is 0 Å². The number of aliphatic imine (C=N–C) groups is 1. The summed E-state index contributed by atoms with van der Waals surface area (Å²) in [6, 6.07) is 6.63. The number of hydrazine groups is 2. The molecule has 126 valence electrons. The van der Waals surface area contributed by atoms with Crippen LogP contribution in [0.5, 0.6) is 0 Å². The first-order valence-corrected chi connectivity index (χ1v) is 8.18. The van der Waals surface area contributed by atoms with E-state index in [2.05, 4.69) is 53.9 Å². The van der Waals surface area contributed by atoms with Gasteiger partial charge in [-0.2, -0.15) is 0 Å². The lowest BCUT2D eigenvalue weighted by Gasteiger charge is -2.18. The molecule has 0 saturated carbocycles. The van der Waals surface area contributed by atoms with Gasteiger partial charge in [0.15, 0.2) is 5.84 Å². The van der Waals surface area contributed by atoms with E-state index in [9.17, 15) is 0 Å². The Labute approximate surface area is 144 Å². The molecule has 1 saturated heterocycles. The Hall–Kier alpha value is -2.59. The normalized spacial score (nSPS) is 18.7. The fourth-order valence-corrected chi connectivity index (χ4v) is 2.72. The largest absolute Gasteiger partial charge is 0.300 e. The molecule has 1 aromatic carbocycles. The molecule has 0 bridgehead atoms. The molecule has 0 unspecified atom stereocenters. The Bertz CT molecular complexity index is 692. The maximum Gasteiger partial charge on any atom is 0.173 e. The first kappa shape index (κ1) is 17.8. The molecule has 0 aromatic heterocycles. The summed E-state index contributed by atoms with van der Waals surface area (Å²) in [7, 11) is 0. The molecule has 4 heteroatoms. The number of fused-ring (bicyclic) bond motifs is 1. The van der Waals surface area contributed by atoms with Crippen molar-refractivity contribution in [3.63, 3.8) is 0 Å². The summed E-state index contributed by atoms with van der Waals surface area (Å²) in [6.07, 6.45) is 8.92. The fourth-order valence-electron chi connectivity index (χ4n) is 2.72. The van der Waals surface area contributed by atoms with Gasteiger partial charge in [0.05, 0.1) is 11.4 Å². The highest BCUT2D eigenvalue weighted by molar-refractivity contribution is 6.10. The van der Waals surface area contributed by atoms with Gasteiger partial charge < -0.3 is 5.43 Å². The standard InChI is InChI=1S/C16H20N4.C4H6/c1-4-15-16(17-11(2)3)20(19-18-15)14-9-8-12-6-5-7-13(12)10-14;1-3-4-2/h4,8-10,18-19H,2,5-7H2,1,3H3;3-4H,1-2H2/b15-4+,17-16?;. The minimum absolute atomic E-state index is 0.788. The number of rotatable bonds is 3. The quantitative estimate of drug-likeness (QED) is 0.819. The van der Waals surface area contributed by atoms with Crippen molar-refractivity contribution in [2.24, 2.45) is 4.99 Å². The third-order valence-electron chi connectivity index (χ3n) is 3.85. The average Bonchev–Trinajstić information content (AvgIpc) is 3.20. The molecule has 0 amide bonds. The number of hydrogen-bond acceptors (Lipinski definition) is 3. The zero-order valence-electron chi connectivity index (χ0n) is 14.6. The lowest BCUT2D eigenvalue weighted by Crippen LogP contribution is -2.38. The minimum Gasteiger partial charge on any atom is -0.300 e. The van der Waals surface area contributed by atoms with Gasteiger partial charge >= 0.3 is 0 Å². The van der Waals surface area contributed by atoms with E-state index in [1.165, 1.54) is 30.4 Å². The van der Waals surface area contributed by atoms with Gasteiger partial charge in [0.1, 0.15) is 0 Å². The Morgan fingerprint density at radius 1 is 1.21 bits per heavy atom. The van der Waals surface area contributed by atoms with Crippen LogP contribution in [0.1, 0.15) is 31.4 Å². The number of nitrogens with one attached hydrogen (secondary N) is 2. The van der Waals surface area contributed by atoms with Crippen LogP contribution in [-0.2, 0) is 12.8 Å². The van der Waals surface area contributed by atoms with Gasteiger partial charge in [-0.25, -0.2) is 10.0 Å². The zero-order chi connectivity index (χ0) is 17.5. The lowest BCUT2D eigenvalue weighted by atomic mass is 10.1. The zero-order valence-corrected chi connectivity index (χ0v) is 14.6. The molecule has 1 fully saturated rings. The minimum atomic E-state index is 0.788. The molecule has 1 aliphatic heterocycles. The van der Waals surface area contributed by atoms with E-state index in [4.69, 9.17) is 0 Å². The molecule has 1 aromatic rings. The summed E-state index contributed by atoms with van der Waals surface area (Å²) in [5.74, 6) is 0.859. The summed E-state index contributed by atoms with van der Waals surface area (Å²) < 4.78 is 0. The first-order valence-electron chi connectivity index (χ1n) is 8.18. The summed E-state index contributed by atoms with van der Waals surface area (Å²) >= 11 is 0. The van der Waals surface area contributed by atoms with Crippen LogP contribution < -0.4 is 16.0 Å². The number of hydrogen-bond donors (Lipinski definition) is 2. The topological polar surface area (TPSA) is 39.7 Å². The molecule has 2 N–H and O–H groups in total. The Morgan fingerprint density at radius 3 is 2.54 bits per heavy atom. The highest BCUT2D eigenvalue weighted by Crippen LogP contribution is 2.27. The van der Waals surface area contributed by atoms with Gasteiger partial charge in [0.25, 0.3) is 0 Å². The summed E-state index contributed by atoms with van der Waals surface area (Å²) in [4.78, 5) is 4.53. The summed E-state index contributed by atoms with van der Waals surface area (Å²) in [6.45, 7) is 14.5. The molecular formula is C20H26N4. The monoisotopic (exact) mass is 322 g/mol. The predicted octanol–water partition coefficient (Wildman–Crippen LogP) is 4.20. The van der Waals surface area contributed by atoms with Crippen LogP contribution in [0.25, 0.3) is 0 Å². The van der Waals surface area contributed by atoms with Crippen LogP contribution in [-0.4, -0.2) is 5.84 Å². The van der Waals surface area contributed by atoms with Gasteiger partial charge in [0, 0.05) is 5.70 Å². The van der Waals surface area contributed by atoms with Gasteiger partial charge in [-0.1, -0.05) is 44.0 Å². The van der Waals surface area contributed by atoms with Gasteiger partial charge in [-0.3, -0.25) is 0 Å². The molecule has 0 radical (unpaired) electrons. The number of aryl methyl sites for hydroxylation is 2. The fraction of sp³-hybridized carbons (Fsp3) is 0.250. The molecule has 24 heavy (non-hydrogen) atoms. The van der Waals surface area contributed by atoms with Crippen molar-refractivity contribution in [3.05, 3.63) is 78.7 Å². The second-order valence-corrected chi connectivity index (χ2v) is 5.72. The maximum absolute atomic E-state index is 4.53. The van der Waals surface area contributed by atoms with Crippen molar-refractivity contribution >= 4 is 11.5 Å². The second-order valence-electron chi connectivity index (χ2n) is 5.72. The molecular weight excluding hydrogens is 296 g/mol. The number of allylic oxidation sites excluding steroid dienone is 4. The highest BCUT2D eigenvalue weighted by atomic mass is 15.7. The highest BCUT2D eigenvalue weighted by Gasteiger charge is 2.25. The number of anilines is 1. The van der Waals surface area contributed by atoms with Crippen molar-refractivity contribution < 1.29 is 0 Å². The van der Waals surface area contributed by atoms with E-state index < -0.39 is 0 Å². The third kappa shape index (κ3) is 4.03. The molecule has 1 aliphatic carbocycles. The average molecular weight is 322 g/mol. The molecule has 3 rings (SSSR count). The molecule has 0 atom stereocenters. The summed E-state index contributed by atoms with van der Waals surface area (Å²) in [5.41, 5.74) is 12.1. The molecule has 1 heterocycles. The van der Waals surface area contributed by atoms with Crippen LogP contribution in [0.15, 0.2) is 72.6 Å². The molecule has 4 nitrogen and oxygen atoms in total. The van der Waals surface area contributed by atoms with Crippen LogP contribution in [0.4, 0.5) is 5.69 Å². The predicted molar refractivity (Wildman–Crippen MR) is 104 cm³/mol. The van der Waals surface area contributed by atoms with Gasteiger partial charge in [-0.15, -0.1) is 5.53 Å². The number of benzene rings is 1. The van der Waals surface area contributed by atoms with E-state index in [1.807, 2.05) is 24.9 Å². The van der Waals surface area contributed by atoms with E-state index in [0.29, 0.717) is 0 Å². The molecule has 0 spiro atoms. The van der Waals surface area contributed by atoms with Crippen LogP contribution in [0.3, 0.4) is 0 Å². The maximum atomic E-state index is 4.53. The number of nitrogens with zero attached hydrogens (tertiary/aromatic N) is 2. The van der Waals surface area contributed by atoms with Crippen molar-refractivity contribution in [2.45, 2.75) is 33.1 Å². The third-order valence-corrected chi connectivity index (χ3v) is 3.85. The van der Waals surface area contributed by atoms with E-state index in [-0.39, 0.29) is 0 Å². The molecule has 2 aliphatic rings. The smallest absolute Gasteiger partial charge is 0.173 e. The Balaban J connectivity index is 0.000000471. The van der Waals surface area contributed by atoms with Crippen LogP contribution >= 0.6 is 0 Å². The van der Waals surface area contributed by atoms with Gasteiger partial charge in [-0.05, 0) is 56.4 Å².